The maximum absolute atomic E-state index is 10.7. The van der Waals surface area contributed by atoms with Crippen molar-refractivity contribution in [1.82, 2.24) is 0 Å². The molecule has 1 aliphatic heterocycles. The molecule has 1 aromatic rings. The molecule has 0 aromatic heterocycles. The van der Waals surface area contributed by atoms with E-state index in [1.165, 1.54) is 6.07 Å². The van der Waals surface area contributed by atoms with Crippen molar-refractivity contribution in [2.75, 3.05) is 13.2 Å². The molecule has 15 heavy (non-hydrogen) atoms. The predicted molar refractivity (Wildman–Crippen MR) is 52.5 cm³/mol. The van der Waals surface area contributed by atoms with Crippen LogP contribution >= 0.6 is 0 Å². The molecule has 5 nitrogen and oxygen atoms in total. The lowest BCUT2D eigenvalue weighted by molar-refractivity contribution is -0.385. The summed E-state index contributed by atoms with van der Waals surface area (Å²) >= 11 is 0. The van der Waals surface area contributed by atoms with Gasteiger partial charge in [-0.05, 0) is 6.92 Å². The highest BCUT2D eigenvalue weighted by Crippen LogP contribution is 2.28. The van der Waals surface area contributed by atoms with Gasteiger partial charge in [0.05, 0.1) is 18.1 Å². The van der Waals surface area contributed by atoms with Crippen molar-refractivity contribution in [3.05, 3.63) is 39.4 Å². The maximum atomic E-state index is 10.7. The Hall–Kier alpha value is -1.46. The van der Waals surface area contributed by atoms with Gasteiger partial charge in [-0.15, -0.1) is 0 Å². The van der Waals surface area contributed by atoms with E-state index in [4.69, 9.17) is 9.47 Å². The first-order valence-electron chi connectivity index (χ1n) is 4.66. The number of nitrogens with zero attached hydrogens (tertiary/aromatic N) is 1. The smallest absolute Gasteiger partial charge is 0.272 e. The van der Waals surface area contributed by atoms with Crippen LogP contribution in [0.5, 0.6) is 0 Å². The summed E-state index contributed by atoms with van der Waals surface area (Å²) < 4.78 is 10.5. The molecular weight excluding hydrogens is 198 g/mol. The van der Waals surface area contributed by atoms with Crippen LogP contribution in [0.2, 0.25) is 0 Å². The number of hydrogen-bond acceptors (Lipinski definition) is 4. The quantitative estimate of drug-likeness (QED) is 0.551. The highest BCUT2D eigenvalue weighted by molar-refractivity contribution is 5.42. The fraction of sp³-hybridized carbons (Fsp3) is 0.400. The van der Waals surface area contributed by atoms with Crippen LogP contribution in [-0.4, -0.2) is 18.1 Å². The highest BCUT2D eigenvalue weighted by atomic mass is 16.7. The van der Waals surface area contributed by atoms with Crippen LogP contribution in [0.4, 0.5) is 5.69 Å². The van der Waals surface area contributed by atoms with Crippen LogP contribution in [0, 0.1) is 17.0 Å². The molecule has 0 N–H and O–H groups in total. The molecule has 0 unspecified atom stereocenters. The first kappa shape index (κ1) is 10.1. The van der Waals surface area contributed by atoms with Gasteiger partial charge in [-0.3, -0.25) is 10.1 Å². The summed E-state index contributed by atoms with van der Waals surface area (Å²) in [5.41, 5.74) is 1.44. The van der Waals surface area contributed by atoms with E-state index < -0.39 is 11.2 Å². The molecule has 1 fully saturated rings. The van der Waals surface area contributed by atoms with E-state index in [0.717, 1.165) is 0 Å². The number of hydrogen-bond donors (Lipinski definition) is 0. The minimum absolute atomic E-state index is 0.103. The van der Waals surface area contributed by atoms with Gasteiger partial charge in [-0.25, -0.2) is 0 Å². The van der Waals surface area contributed by atoms with Gasteiger partial charge in [0.1, 0.15) is 0 Å². The monoisotopic (exact) mass is 209 g/mol. The number of rotatable bonds is 2. The van der Waals surface area contributed by atoms with Gasteiger partial charge in [0.25, 0.3) is 5.69 Å². The van der Waals surface area contributed by atoms with Gasteiger partial charge in [0, 0.05) is 17.2 Å². The number of aryl methyl sites for hydroxylation is 1. The lowest BCUT2D eigenvalue weighted by atomic mass is 10.1. The van der Waals surface area contributed by atoms with E-state index in [0.29, 0.717) is 24.3 Å². The zero-order chi connectivity index (χ0) is 10.8. The molecular formula is C10H11NO4. The average molecular weight is 209 g/mol. The molecule has 0 aliphatic carbocycles. The van der Waals surface area contributed by atoms with Gasteiger partial charge in [0.2, 0.25) is 0 Å². The summed E-state index contributed by atoms with van der Waals surface area (Å²) in [5, 5.41) is 10.7. The van der Waals surface area contributed by atoms with Crippen LogP contribution < -0.4 is 0 Å². The van der Waals surface area contributed by atoms with Gasteiger partial charge in [-0.1, -0.05) is 12.1 Å². The second-order valence-electron chi connectivity index (χ2n) is 3.38. The normalized spacial score (nSPS) is 16.9. The van der Waals surface area contributed by atoms with Crippen LogP contribution in [0.25, 0.3) is 0 Å². The number of nitro benzene ring substituents is 1. The Kier molecular flexibility index (Phi) is 2.66. The number of benzene rings is 1. The third kappa shape index (κ3) is 1.98. The van der Waals surface area contributed by atoms with Gasteiger partial charge < -0.3 is 9.47 Å². The summed E-state index contributed by atoms with van der Waals surface area (Å²) in [5.74, 6) is 0. The van der Waals surface area contributed by atoms with Crippen molar-refractivity contribution in [2.45, 2.75) is 13.2 Å². The van der Waals surface area contributed by atoms with E-state index in [-0.39, 0.29) is 5.69 Å². The summed E-state index contributed by atoms with van der Waals surface area (Å²) in [4.78, 5) is 10.3. The molecule has 5 heteroatoms. The molecule has 1 heterocycles. The Morgan fingerprint density at radius 1 is 1.40 bits per heavy atom. The first-order chi connectivity index (χ1) is 7.18. The van der Waals surface area contributed by atoms with E-state index in [2.05, 4.69) is 0 Å². The summed E-state index contributed by atoms with van der Waals surface area (Å²) in [6.45, 7) is 2.77. The van der Waals surface area contributed by atoms with E-state index in [1.807, 2.05) is 0 Å². The minimum atomic E-state index is -0.454. The molecule has 1 aromatic carbocycles. The van der Waals surface area contributed by atoms with Crippen molar-refractivity contribution in [3.8, 4) is 0 Å². The largest absolute Gasteiger partial charge is 0.346 e. The predicted octanol–water partition coefficient (Wildman–Crippen LogP) is 1.95. The fourth-order valence-corrected chi connectivity index (χ4v) is 1.52. The molecule has 80 valence electrons. The number of ether oxygens (including phenoxy) is 2. The Labute approximate surface area is 86.8 Å². The fourth-order valence-electron chi connectivity index (χ4n) is 1.52. The molecule has 0 spiro atoms. The van der Waals surface area contributed by atoms with Crippen LogP contribution in [0.15, 0.2) is 18.2 Å². The van der Waals surface area contributed by atoms with E-state index in [9.17, 15) is 10.1 Å². The molecule has 0 atom stereocenters. The molecule has 2 rings (SSSR count). The highest BCUT2D eigenvalue weighted by Gasteiger charge is 2.21. The third-order valence-corrected chi connectivity index (χ3v) is 2.32. The van der Waals surface area contributed by atoms with Crippen LogP contribution in [0.1, 0.15) is 17.4 Å². The van der Waals surface area contributed by atoms with Crippen molar-refractivity contribution in [1.29, 1.82) is 0 Å². The molecule has 0 amide bonds. The Balaban J connectivity index is 2.33. The topological polar surface area (TPSA) is 61.6 Å². The lowest BCUT2D eigenvalue weighted by Crippen LogP contribution is -2.00. The molecule has 1 aliphatic rings. The second-order valence-corrected chi connectivity index (χ2v) is 3.38. The second kappa shape index (κ2) is 3.96. The SMILES string of the molecule is Cc1ccc(C2OCCO2)cc1[N+](=O)[O-]. The Morgan fingerprint density at radius 2 is 2.07 bits per heavy atom. The van der Waals surface area contributed by atoms with Crippen molar-refractivity contribution in [3.63, 3.8) is 0 Å². The molecule has 1 saturated heterocycles. The summed E-state index contributed by atoms with van der Waals surface area (Å²) in [6, 6.07) is 5.00. The molecule has 0 bridgehead atoms. The number of nitro groups is 1. The lowest BCUT2D eigenvalue weighted by Gasteiger charge is -2.09. The van der Waals surface area contributed by atoms with Gasteiger partial charge >= 0.3 is 0 Å². The van der Waals surface area contributed by atoms with Crippen molar-refractivity contribution in [2.24, 2.45) is 0 Å². The Bertz CT molecular complexity index is 385. The average Bonchev–Trinajstić information content (AvgIpc) is 2.71. The van der Waals surface area contributed by atoms with Gasteiger partial charge in [-0.2, -0.15) is 0 Å². The summed E-state index contributed by atoms with van der Waals surface area (Å²) in [6.07, 6.45) is -0.454. The van der Waals surface area contributed by atoms with Crippen LogP contribution in [0.3, 0.4) is 0 Å². The molecule has 0 saturated carbocycles. The molecule has 0 radical (unpaired) electrons. The Morgan fingerprint density at radius 3 is 2.67 bits per heavy atom. The van der Waals surface area contributed by atoms with E-state index in [1.54, 1.807) is 19.1 Å². The zero-order valence-electron chi connectivity index (χ0n) is 8.30. The van der Waals surface area contributed by atoms with E-state index >= 15 is 0 Å². The first-order valence-corrected chi connectivity index (χ1v) is 4.66. The standard InChI is InChI=1S/C10H11NO4/c1-7-2-3-8(6-9(7)11(12)13)10-14-4-5-15-10/h2-3,6,10H,4-5H2,1H3. The summed E-state index contributed by atoms with van der Waals surface area (Å²) in [7, 11) is 0. The van der Waals surface area contributed by atoms with Crippen molar-refractivity contribution >= 4 is 5.69 Å². The maximum Gasteiger partial charge on any atom is 0.272 e. The zero-order valence-corrected chi connectivity index (χ0v) is 8.30. The van der Waals surface area contributed by atoms with Gasteiger partial charge in [0.15, 0.2) is 6.29 Å². The van der Waals surface area contributed by atoms with Crippen LogP contribution in [-0.2, 0) is 9.47 Å². The third-order valence-electron chi connectivity index (χ3n) is 2.32. The van der Waals surface area contributed by atoms with Crippen molar-refractivity contribution < 1.29 is 14.4 Å². The minimum Gasteiger partial charge on any atom is -0.346 e.